The maximum atomic E-state index is 11.3. The monoisotopic (exact) mass is 268 g/mol. The maximum absolute atomic E-state index is 11.3. The molecule has 1 aromatic carbocycles. The van der Waals surface area contributed by atoms with Gasteiger partial charge < -0.3 is 5.11 Å². The lowest BCUT2D eigenvalue weighted by atomic mass is 9.86. The van der Waals surface area contributed by atoms with Crippen LogP contribution in [0.25, 0.3) is 0 Å². The Morgan fingerprint density at radius 2 is 1.94 bits per heavy atom. The zero-order valence-corrected chi connectivity index (χ0v) is 12.0. The third-order valence-corrected chi connectivity index (χ3v) is 3.34. The van der Waals surface area contributed by atoms with E-state index in [0.717, 1.165) is 18.4 Å². The fourth-order valence-corrected chi connectivity index (χ4v) is 2.27. The molecule has 1 unspecified atom stereocenters. The van der Waals surface area contributed by atoms with Crippen LogP contribution in [0.1, 0.15) is 51.5 Å². The van der Waals surface area contributed by atoms with Crippen LogP contribution in [0.4, 0.5) is 0 Å². The van der Waals surface area contributed by atoms with Crippen LogP contribution in [0.5, 0.6) is 0 Å². The van der Waals surface area contributed by atoms with Crippen molar-refractivity contribution in [2.45, 2.75) is 46.0 Å². The van der Waals surface area contributed by atoms with Crippen molar-refractivity contribution < 1.29 is 9.90 Å². The molecule has 0 amide bonds. The van der Waals surface area contributed by atoms with E-state index in [-0.39, 0.29) is 5.41 Å². The second-order valence-electron chi connectivity index (χ2n) is 5.87. The summed E-state index contributed by atoms with van der Waals surface area (Å²) in [6.07, 6.45) is 2.54. The molecule has 0 aromatic heterocycles. The van der Waals surface area contributed by atoms with Gasteiger partial charge in [0, 0.05) is 5.02 Å². The van der Waals surface area contributed by atoms with Crippen molar-refractivity contribution in [1.29, 1.82) is 0 Å². The molecule has 3 heteroatoms. The van der Waals surface area contributed by atoms with Gasteiger partial charge in [0.1, 0.15) is 0 Å². The molecular weight excluding hydrogens is 248 g/mol. The highest BCUT2D eigenvalue weighted by Gasteiger charge is 2.22. The Morgan fingerprint density at radius 1 is 1.33 bits per heavy atom. The van der Waals surface area contributed by atoms with Crippen LogP contribution in [0.15, 0.2) is 24.3 Å². The first-order chi connectivity index (χ1) is 8.31. The molecule has 1 aromatic rings. The van der Waals surface area contributed by atoms with Gasteiger partial charge in [-0.3, -0.25) is 4.79 Å². The molecule has 0 heterocycles. The van der Waals surface area contributed by atoms with Crippen LogP contribution < -0.4 is 0 Å². The number of carboxylic acids is 1. The van der Waals surface area contributed by atoms with Crippen LogP contribution in [-0.2, 0) is 4.79 Å². The van der Waals surface area contributed by atoms with Gasteiger partial charge in [-0.15, -0.1) is 0 Å². The molecule has 1 atom stereocenters. The lowest BCUT2D eigenvalue weighted by molar-refractivity contribution is -0.139. The van der Waals surface area contributed by atoms with Crippen molar-refractivity contribution in [2.75, 3.05) is 0 Å². The summed E-state index contributed by atoms with van der Waals surface area (Å²) >= 11 is 6.07. The van der Waals surface area contributed by atoms with Crippen molar-refractivity contribution in [3.8, 4) is 0 Å². The van der Waals surface area contributed by atoms with E-state index < -0.39 is 11.9 Å². The number of carbonyl (C=O) groups is 1. The van der Waals surface area contributed by atoms with Crippen molar-refractivity contribution in [3.63, 3.8) is 0 Å². The number of hydrogen-bond acceptors (Lipinski definition) is 1. The summed E-state index contributed by atoms with van der Waals surface area (Å²) in [4.78, 5) is 11.3. The lowest BCUT2D eigenvalue weighted by Crippen LogP contribution is -2.13. The molecule has 0 spiro atoms. The fourth-order valence-electron chi connectivity index (χ4n) is 2.01. The minimum absolute atomic E-state index is 0.240. The fraction of sp³-hybridized carbons (Fsp3) is 0.533. The third-order valence-electron chi connectivity index (χ3n) is 3.00. The first-order valence-corrected chi connectivity index (χ1v) is 6.66. The average molecular weight is 269 g/mol. The molecule has 100 valence electrons. The third kappa shape index (κ3) is 4.69. The Labute approximate surface area is 114 Å². The highest BCUT2D eigenvalue weighted by atomic mass is 35.5. The minimum atomic E-state index is -0.794. The normalized spacial score (nSPS) is 13.3. The first kappa shape index (κ1) is 15.0. The highest BCUT2D eigenvalue weighted by molar-refractivity contribution is 6.31. The molecule has 0 bridgehead atoms. The number of halogens is 1. The summed E-state index contributed by atoms with van der Waals surface area (Å²) in [5, 5.41) is 9.86. The van der Waals surface area contributed by atoms with Crippen molar-refractivity contribution >= 4 is 17.6 Å². The number of benzene rings is 1. The van der Waals surface area contributed by atoms with Crippen molar-refractivity contribution in [1.82, 2.24) is 0 Å². The molecule has 0 saturated carbocycles. The van der Waals surface area contributed by atoms with Gasteiger partial charge in [-0.05, 0) is 29.9 Å². The maximum Gasteiger partial charge on any atom is 0.311 e. The summed E-state index contributed by atoms with van der Waals surface area (Å²) < 4.78 is 0. The van der Waals surface area contributed by atoms with E-state index in [1.807, 2.05) is 12.1 Å². The van der Waals surface area contributed by atoms with E-state index in [1.54, 1.807) is 12.1 Å². The van der Waals surface area contributed by atoms with E-state index in [0.29, 0.717) is 11.4 Å². The Hall–Kier alpha value is -1.02. The molecule has 0 aliphatic rings. The SMILES string of the molecule is CC(C)(C)CCCC(C(=O)O)c1ccccc1Cl. The van der Waals surface area contributed by atoms with Gasteiger partial charge in [0.05, 0.1) is 5.92 Å². The molecular formula is C15H21ClO2. The number of carboxylic acid groups (broad SMARTS) is 1. The Bertz CT molecular complexity index is 407. The van der Waals surface area contributed by atoms with E-state index in [4.69, 9.17) is 11.6 Å². The van der Waals surface area contributed by atoms with Gasteiger partial charge in [-0.2, -0.15) is 0 Å². The lowest BCUT2D eigenvalue weighted by Gasteiger charge is -2.20. The summed E-state index contributed by atoms with van der Waals surface area (Å²) in [6.45, 7) is 6.49. The van der Waals surface area contributed by atoms with Gasteiger partial charge in [-0.25, -0.2) is 0 Å². The molecule has 18 heavy (non-hydrogen) atoms. The van der Waals surface area contributed by atoms with Crippen molar-refractivity contribution in [3.05, 3.63) is 34.9 Å². The molecule has 0 radical (unpaired) electrons. The minimum Gasteiger partial charge on any atom is -0.481 e. The van der Waals surface area contributed by atoms with Gasteiger partial charge in [0.2, 0.25) is 0 Å². The molecule has 1 N–H and O–H groups in total. The van der Waals surface area contributed by atoms with Gasteiger partial charge in [0.15, 0.2) is 0 Å². The summed E-state index contributed by atoms with van der Waals surface area (Å²) in [7, 11) is 0. The van der Waals surface area contributed by atoms with Crippen LogP contribution in [0.2, 0.25) is 5.02 Å². The predicted octanol–water partition coefficient (Wildman–Crippen LogP) is 4.72. The quantitative estimate of drug-likeness (QED) is 0.839. The van der Waals surface area contributed by atoms with Gasteiger partial charge >= 0.3 is 5.97 Å². The standard InChI is InChI=1S/C15H21ClO2/c1-15(2,3)10-6-8-12(14(17)18)11-7-4-5-9-13(11)16/h4-5,7,9,12H,6,8,10H2,1-3H3,(H,17,18). The zero-order chi connectivity index (χ0) is 13.8. The van der Waals surface area contributed by atoms with Crippen LogP contribution in [0, 0.1) is 5.41 Å². The summed E-state index contributed by atoms with van der Waals surface area (Å²) in [5.41, 5.74) is 0.962. The summed E-state index contributed by atoms with van der Waals surface area (Å²) in [5.74, 6) is -1.29. The second kappa shape index (κ2) is 6.24. The number of aliphatic carboxylic acids is 1. The Morgan fingerprint density at radius 3 is 2.44 bits per heavy atom. The van der Waals surface area contributed by atoms with Crippen LogP contribution >= 0.6 is 11.6 Å². The number of rotatable bonds is 5. The first-order valence-electron chi connectivity index (χ1n) is 6.28. The summed E-state index contributed by atoms with van der Waals surface area (Å²) in [6, 6.07) is 7.20. The Balaban J connectivity index is 2.73. The topological polar surface area (TPSA) is 37.3 Å². The molecule has 0 fully saturated rings. The van der Waals surface area contributed by atoms with E-state index in [9.17, 15) is 9.90 Å². The van der Waals surface area contributed by atoms with Crippen LogP contribution in [0.3, 0.4) is 0 Å². The second-order valence-corrected chi connectivity index (χ2v) is 6.27. The van der Waals surface area contributed by atoms with Crippen LogP contribution in [-0.4, -0.2) is 11.1 Å². The zero-order valence-electron chi connectivity index (χ0n) is 11.2. The predicted molar refractivity (Wildman–Crippen MR) is 75.1 cm³/mol. The molecule has 0 aliphatic carbocycles. The van der Waals surface area contributed by atoms with E-state index >= 15 is 0 Å². The van der Waals surface area contributed by atoms with Gasteiger partial charge in [0.25, 0.3) is 0 Å². The number of hydrogen-bond donors (Lipinski definition) is 1. The average Bonchev–Trinajstić information content (AvgIpc) is 2.24. The molecule has 0 saturated heterocycles. The van der Waals surface area contributed by atoms with Gasteiger partial charge in [-0.1, -0.05) is 57.0 Å². The molecule has 0 aliphatic heterocycles. The molecule has 2 nitrogen and oxygen atoms in total. The van der Waals surface area contributed by atoms with Crippen molar-refractivity contribution in [2.24, 2.45) is 5.41 Å². The molecule has 1 rings (SSSR count). The largest absolute Gasteiger partial charge is 0.481 e. The van der Waals surface area contributed by atoms with E-state index in [1.165, 1.54) is 0 Å². The highest BCUT2D eigenvalue weighted by Crippen LogP contribution is 2.31. The Kier molecular flexibility index (Phi) is 5.21. The smallest absolute Gasteiger partial charge is 0.311 e. The van der Waals surface area contributed by atoms with E-state index in [2.05, 4.69) is 20.8 Å².